The summed E-state index contributed by atoms with van der Waals surface area (Å²) < 4.78 is 17.7. The monoisotopic (exact) mass is 157 g/mol. The molecule has 0 fully saturated rings. The van der Waals surface area contributed by atoms with Gasteiger partial charge in [0.1, 0.15) is 0 Å². The van der Waals surface area contributed by atoms with Crippen LogP contribution in [-0.4, -0.2) is 12.1 Å². The smallest absolute Gasteiger partial charge is 0.233 e. The van der Waals surface area contributed by atoms with Crippen LogP contribution >= 0.6 is 0 Å². The van der Waals surface area contributed by atoms with Crippen LogP contribution in [0.4, 0.5) is 4.39 Å². The Balaban J connectivity index is 3.05. The Hall–Kier alpha value is -0.990. The number of rotatable bonds is 2. The van der Waals surface area contributed by atoms with Crippen LogP contribution in [0.1, 0.15) is 25.3 Å². The first-order valence-corrected chi connectivity index (χ1v) is 3.57. The lowest BCUT2D eigenvalue weighted by Crippen LogP contribution is -1.91. The zero-order valence-electron chi connectivity index (χ0n) is 6.94. The molecule has 0 bridgehead atoms. The van der Waals surface area contributed by atoms with Crippen LogP contribution in [-0.2, 0) is 0 Å². The lowest BCUT2D eigenvalue weighted by molar-refractivity contribution is 0.378. The summed E-state index contributed by atoms with van der Waals surface area (Å²) in [5, 5.41) is 0. The molecule has 0 spiro atoms. The summed E-state index contributed by atoms with van der Waals surface area (Å²) in [6.45, 7) is 3.98. The number of aromatic nitrogens is 1. The van der Waals surface area contributed by atoms with Gasteiger partial charge >= 0.3 is 0 Å². The molecule has 0 aliphatic carbocycles. The molecule has 0 aliphatic rings. The molecular formula is C8H12FNO. The normalized spacial score (nSPS) is 10.6. The lowest BCUT2D eigenvalue weighted by Gasteiger charge is -2.04. The highest BCUT2D eigenvalue weighted by Crippen LogP contribution is 2.28. The van der Waals surface area contributed by atoms with Gasteiger partial charge in [0.2, 0.25) is 5.95 Å². The average molecular weight is 157 g/mol. The van der Waals surface area contributed by atoms with Crippen molar-refractivity contribution < 1.29 is 9.13 Å². The van der Waals surface area contributed by atoms with Crippen molar-refractivity contribution in [3.8, 4) is 5.75 Å². The first-order valence-electron chi connectivity index (χ1n) is 3.57. The van der Waals surface area contributed by atoms with Crippen molar-refractivity contribution in [1.82, 2.24) is 4.98 Å². The Bertz CT molecular complexity index is 242. The van der Waals surface area contributed by atoms with E-state index in [9.17, 15) is 4.39 Å². The number of hydrogen-bond acceptors (Lipinski definition) is 1. The van der Waals surface area contributed by atoms with Gasteiger partial charge in [-0.25, -0.2) is 0 Å². The molecule has 3 heteroatoms. The summed E-state index contributed by atoms with van der Waals surface area (Å²) in [4.78, 5) is 2.48. The second-order valence-corrected chi connectivity index (χ2v) is 2.75. The van der Waals surface area contributed by atoms with Crippen LogP contribution in [0.5, 0.6) is 5.75 Å². The number of ether oxygens (including phenoxy) is 1. The number of nitrogens with one attached hydrogen (secondary N) is 1. The van der Waals surface area contributed by atoms with Crippen LogP contribution in [0.15, 0.2) is 6.20 Å². The fourth-order valence-electron chi connectivity index (χ4n) is 1.04. The third-order valence-corrected chi connectivity index (χ3v) is 1.64. The number of hydrogen-bond donors (Lipinski definition) is 1. The molecule has 62 valence electrons. The predicted octanol–water partition coefficient (Wildman–Crippen LogP) is 2.29. The third-order valence-electron chi connectivity index (χ3n) is 1.64. The van der Waals surface area contributed by atoms with Gasteiger partial charge in [-0.1, -0.05) is 13.8 Å². The van der Waals surface area contributed by atoms with Gasteiger partial charge in [-0.3, -0.25) is 0 Å². The van der Waals surface area contributed by atoms with E-state index in [-0.39, 0.29) is 5.92 Å². The summed E-state index contributed by atoms with van der Waals surface area (Å²) in [5.74, 6) is 0.224. The quantitative estimate of drug-likeness (QED) is 0.700. The van der Waals surface area contributed by atoms with Crippen molar-refractivity contribution in [3.63, 3.8) is 0 Å². The maximum atomic E-state index is 12.8. The molecule has 2 nitrogen and oxygen atoms in total. The van der Waals surface area contributed by atoms with Crippen LogP contribution in [0, 0.1) is 5.95 Å². The van der Waals surface area contributed by atoms with E-state index in [4.69, 9.17) is 4.74 Å². The van der Waals surface area contributed by atoms with Gasteiger partial charge < -0.3 is 9.72 Å². The lowest BCUT2D eigenvalue weighted by atomic mass is 10.1. The van der Waals surface area contributed by atoms with E-state index >= 15 is 0 Å². The van der Waals surface area contributed by atoms with Crippen LogP contribution in [0.25, 0.3) is 0 Å². The Morgan fingerprint density at radius 1 is 1.55 bits per heavy atom. The number of H-pyrrole nitrogens is 1. The maximum Gasteiger partial charge on any atom is 0.233 e. The minimum absolute atomic E-state index is 0.283. The fourth-order valence-corrected chi connectivity index (χ4v) is 1.04. The van der Waals surface area contributed by atoms with E-state index in [2.05, 4.69) is 4.98 Å². The Morgan fingerprint density at radius 2 is 2.18 bits per heavy atom. The summed E-state index contributed by atoms with van der Waals surface area (Å²) in [7, 11) is 1.47. The molecule has 0 aromatic carbocycles. The molecule has 0 amide bonds. The van der Waals surface area contributed by atoms with E-state index in [1.165, 1.54) is 7.11 Å². The molecule has 11 heavy (non-hydrogen) atoms. The van der Waals surface area contributed by atoms with Crippen molar-refractivity contribution in [2.24, 2.45) is 0 Å². The SMILES string of the molecule is COc1c(C(C)C)c[nH]c1F. The van der Waals surface area contributed by atoms with E-state index in [1.54, 1.807) is 6.20 Å². The van der Waals surface area contributed by atoms with Crippen molar-refractivity contribution in [2.45, 2.75) is 19.8 Å². The number of halogens is 1. The highest BCUT2D eigenvalue weighted by atomic mass is 19.1. The standard InChI is InChI=1S/C8H12FNO/c1-5(2)6-4-10-8(9)7(6)11-3/h4-5,10H,1-3H3. The maximum absolute atomic E-state index is 12.8. The molecule has 0 unspecified atom stereocenters. The molecule has 0 aliphatic heterocycles. The van der Waals surface area contributed by atoms with Crippen molar-refractivity contribution in [1.29, 1.82) is 0 Å². The molecular weight excluding hydrogens is 145 g/mol. The van der Waals surface area contributed by atoms with E-state index < -0.39 is 5.95 Å². The summed E-state index contributed by atoms with van der Waals surface area (Å²) in [5.41, 5.74) is 0.880. The number of methoxy groups -OCH3 is 1. The summed E-state index contributed by atoms with van der Waals surface area (Å²) in [6, 6.07) is 0. The number of aromatic amines is 1. The van der Waals surface area contributed by atoms with Gasteiger partial charge in [0, 0.05) is 11.8 Å². The van der Waals surface area contributed by atoms with Crippen molar-refractivity contribution >= 4 is 0 Å². The molecule has 0 atom stereocenters. The summed E-state index contributed by atoms with van der Waals surface area (Å²) >= 11 is 0. The topological polar surface area (TPSA) is 25.0 Å². The van der Waals surface area contributed by atoms with Gasteiger partial charge in [-0.15, -0.1) is 0 Å². The zero-order valence-corrected chi connectivity index (χ0v) is 6.94. The van der Waals surface area contributed by atoms with Gasteiger partial charge in [0.25, 0.3) is 0 Å². The molecule has 1 aromatic heterocycles. The highest BCUT2D eigenvalue weighted by Gasteiger charge is 2.13. The van der Waals surface area contributed by atoms with Gasteiger partial charge in [0.05, 0.1) is 7.11 Å². The summed E-state index contributed by atoms with van der Waals surface area (Å²) in [6.07, 6.45) is 1.64. The van der Waals surface area contributed by atoms with Crippen molar-refractivity contribution in [2.75, 3.05) is 7.11 Å². The zero-order chi connectivity index (χ0) is 8.43. The Morgan fingerprint density at radius 3 is 2.55 bits per heavy atom. The predicted molar refractivity (Wildman–Crippen MR) is 41.4 cm³/mol. The minimum atomic E-state index is -0.392. The Kier molecular flexibility index (Phi) is 2.17. The highest BCUT2D eigenvalue weighted by molar-refractivity contribution is 5.33. The first-order chi connectivity index (χ1) is 5.16. The molecule has 1 aromatic rings. The van der Waals surface area contributed by atoms with Crippen LogP contribution < -0.4 is 4.74 Å². The van der Waals surface area contributed by atoms with E-state index in [0.717, 1.165) is 5.56 Å². The second kappa shape index (κ2) is 2.95. The molecule has 1 heterocycles. The van der Waals surface area contributed by atoms with E-state index in [0.29, 0.717) is 5.75 Å². The van der Waals surface area contributed by atoms with Crippen LogP contribution in [0.2, 0.25) is 0 Å². The minimum Gasteiger partial charge on any atom is -0.492 e. The molecule has 0 radical (unpaired) electrons. The largest absolute Gasteiger partial charge is 0.492 e. The average Bonchev–Trinajstić information content (AvgIpc) is 2.30. The molecule has 0 saturated carbocycles. The molecule has 1 rings (SSSR count). The molecule has 0 saturated heterocycles. The van der Waals surface area contributed by atoms with Gasteiger partial charge in [-0.2, -0.15) is 4.39 Å². The van der Waals surface area contributed by atoms with Gasteiger partial charge in [-0.05, 0) is 5.92 Å². The van der Waals surface area contributed by atoms with Crippen LogP contribution in [0.3, 0.4) is 0 Å². The van der Waals surface area contributed by atoms with Gasteiger partial charge in [0.15, 0.2) is 5.75 Å². The first kappa shape index (κ1) is 8.11. The second-order valence-electron chi connectivity index (χ2n) is 2.75. The van der Waals surface area contributed by atoms with Crippen molar-refractivity contribution in [3.05, 3.63) is 17.7 Å². The van der Waals surface area contributed by atoms with E-state index in [1.807, 2.05) is 13.8 Å². The molecule has 1 N–H and O–H groups in total. The third kappa shape index (κ3) is 1.37. The fraction of sp³-hybridized carbons (Fsp3) is 0.500. The Labute approximate surface area is 65.4 Å².